The molecule has 0 aliphatic carbocycles. The fourth-order valence-electron chi connectivity index (χ4n) is 8.52. The number of rotatable bonds is 5. The van der Waals surface area contributed by atoms with Crippen LogP contribution in [0.5, 0.6) is 0 Å². The number of fused-ring (bicyclic) bond motifs is 11. The zero-order valence-electron chi connectivity index (χ0n) is 29.4. The molecule has 0 aliphatic heterocycles. The Morgan fingerprint density at radius 3 is 1.52 bits per heavy atom. The van der Waals surface area contributed by atoms with Gasteiger partial charge in [0, 0.05) is 47.7 Å². The molecular weight excluding hydrogens is 671 g/mol. The summed E-state index contributed by atoms with van der Waals surface area (Å²) in [6.07, 6.45) is 0. The van der Waals surface area contributed by atoms with Gasteiger partial charge in [-0.1, -0.05) is 170 Å². The van der Waals surface area contributed by atoms with Crippen LogP contribution in [0.4, 0.5) is 17.1 Å². The van der Waals surface area contributed by atoms with Gasteiger partial charge >= 0.3 is 0 Å². The van der Waals surface area contributed by atoms with Crippen LogP contribution >= 0.6 is 11.3 Å². The average Bonchev–Trinajstić information content (AvgIpc) is 3.65. The van der Waals surface area contributed by atoms with Crippen molar-refractivity contribution >= 4 is 91.7 Å². The van der Waals surface area contributed by atoms with Crippen LogP contribution in [0, 0.1) is 0 Å². The van der Waals surface area contributed by atoms with Crippen LogP contribution in [-0.4, -0.2) is 0 Å². The molecule has 2 heteroatoms. The van der Waals surface area contributed by atoms with Crippen LogP contribution < -0.4 is 4.90 Å². The van der Waals surface area contributed by atoms with E-state index in [0.29, 0.717) is 0 Å². The smallest absolute Gasteiger partial charge is 0.0547 e. The van der Waals surface area contributed by atoms with E-state index >= 15 is 0 Å². The molecule has 0 aliphatic rings. The summed E-state index contributed by atoms with van der Waals surface area (Å²) in [5.74, 6) is 0. The first-order valence-electron chi connectivity index (χ1n) is 18.5. The van der Waals surface area contributed by atoms with Gasteiger partial charge in [-0.25, -0.2) is 0 Å². The fraction of sp³-hybridized carbons (Fsp3) is 0. The van der Waals surface area contributed by atoms with Crippen molar-refractivity contribution in [2.45, 2.75) is 0 Å². The predicted molar refractivity (Wildman–Crippen MR) is 235 cm³/mol. The molecule has 0 bridgehead atoms. The monoisotopic (exact) mass is 703 g/mol. The number of benzene rings is 10. The highest BCUT2D eigenvalue weighted by Gasteiger charge is 2.22. The number of hydrogen-bond donors (Lipinski definition) is 0. The highest BCUT2D eigenvalue weighted by molar-refractivity contribution is 7.27. The van der Waals surface area contributed by atoms with E-state index in [0.717, 1.165) is 11.4 Å². The van der Waals surface area contributed by atoms with Crippen molar-refractivity contribution < 1.29 is 0 Å². The van der Waals surface area contributed by atoms with E-state index in [2.05, 4.69) is 205 Å². The normalized spacial score (nSPS) is 11.7. The van der Waals surface area contributed by atoms with E-state index in [-0.39, 0.29) is 0 Å². The minimum atomic E-state index is 1.12. The molecule has 0 unspecified atom stereocenters. The van der Waals surface area contributed by atoms with E-state index < -0.39 is 0 Å². The Labute approximate surface area is 317 Å². The molecule has 54 heavy (non-hydrogen) atoms. The standard InChI is InChI=1S/C52H33NS/c1-2-13-34(14-3-1)35-25-29-38(30-26-35)53(39-31-27-37(28-32-39)41-24-12-16-36-15-4-5-17-40(36)41)49-33-48-50-45-21-9-6-18-42(45)43-19-7-10-22-46(43)52(50)54-51(48)47-23-11-8-20-44(47)49/h1-33H. The lowest BCUT2D eigenvalue weighted by atomic mass is 9.95. The number of hydrogen-bond acceptors (Lipinski definition) is 2. The summed E-state index contributed by atoms with van der Waals surface area (Å²) in [5.41, 5.74) is 8.27. The lowest BCUT2D eigenvalue weighted by molar-refractivity contribution is 1.30. The van der Waals surface area contributed by atoms with Crippen LogP contribution in [0.2, 0.25) is 0 Å². The third-order valence-corrected chi connectivity index (χ3v) is 12.3. The predicted octanol–water partition coefficient (Wildman–Crippen LogP) is 15.5. The first-order valence-corrected chi connectivity index (χ1v) is 19.3. The Bertz CT molecular complexity index is 3190. The molecule has 0 atom stereocenters. The van der Waals surface area contributed by atoms with Crippen molar-refractivity contribution in [1.29, 1.82) is 0 Å². The SMILES string of the molecule is c1ccc(-c2ccc(N(c3ccc(-c4cccc5ccccc45)cc3)c3cc4c(sc5c6ccccc6c6ccccc6c45)c4ccccc34)cc2)cc1. The Kier molecular flexibility index (Phi) is 7.11. The summed E-state index contributed by atoms with van der Waals surface area (Å²) in [6.45, 7) is 0. The molecule has 1 aromatic heterocycles. The summed E-state index contributed by atoms with van der Waals surface area (Å²) >= 11 is 1.93. The third kappa shape index (κ3) is 4.85. The van der Waals surface area contributed by atoms with Crippen molar-refractivity contribution in [1.82, 2.24) is 0 Å². The van der Waals surface area contributed by atoms with Crippen molar-refractivity contribution in [2.75, 3.05) is 4.90 Å². The van der Waals surface area contributed by atoms with E-state index in [1.807, 2.05) is 11.3 Å². The van der Waals surface area contributed by atoms with Crippen LogP contribution in [0.25, 0.3) is 85.5 Å². The van der Waals surface area contributed by atoms with E-state index in [1.54, 1.807) is 0 Å². The number of nitrogens with zero attached hydrogens (tertiary/aromatic N) is 1. The van der Waals surface area contributed by atoms with Gasteiger partial charge in [-0.05, 0) is 79.5 Å². The molecule has 10 aromatic carbocycles. The van der Waals surface area contributed by atoms with Crippen molar-refractivity contribution in [2.24, 2.45) is 0 Å². The molecule has 0 N–H and O–H groups in total. The van der Waals surface area contributed by atoms with Gasteiger partial charge in [-0.15, -0.1) is 11.3 Å². The van der Waals surface area contributed by atoms with Gasteiger partial charge in [0.05, 0.1) is 5.69 Å². The van der Waals surface area contributed by atoms with Crippen LogP contribution in [0.1, 0.15) is 0 Å². The lowest BCUT2D eigenvalue weighted by Gasteiger charge is -2.28. The second-order valence-electron chi connectivity index (χ2n) is 14.0. The first kappa shape index (κ1) is 30.8. The van der Waals surface area contributed by atoms with Gasteiger partial charge in [0.15, 0.2) is 0 Å². The Morgan fingerprint density at radius 2 is 0.815 bits per heavy atom. The van der Waals surface area contributed by atoms with Gasteiger partial charge in [0.2, 0.25) is 0 Å². The summed E-state index contributed by atoms with van der Waals surface area (Å²) < 4.78 is 2.68. The third-order valence-electron chi connectivity index (χ3n) is 11.0. The maximum absolute atomic E-state index is 2.46. The highest BCUT2D eigenvalue weighted by atomic mass is 32.1. The van der Waals surface area contributed by atoms with Gasteiger partial charge in [-0.2, -0.15) is 0 Å². The van der Waals surface area contributed by atoms with Gasteiger partial charge in [0.25, 0.3) is 0 Å². The van der Waals surface area contributed by atoms with Crippen molar-refractivity contribution in [3.8, 4) is 22.3 Å². The summed E-state index contributed by atoms with van der Waals surface area (Å²) in [4.78, 5) is 2.45. The van der Waals surface area contributed by atoms with Gasteiger partial charge in [0.1, 0.15) is 0 Å². The summed E-state index contributed by atoms with van der Waals surface area (Å²) in [7, 11) is 0. The molecule has 1 nitrogen and oxygen atoms in total. The summed E-state index contributed by atoms with van der Waals surface area (Å²) in [6, 6.07) is 73.3. The Morgan fingerprint density at radius 1 is 0.315 bits per heavy atom. The zero-order chi connectivity index (χ0) is 35.6. The van der Waals surface area contributed by atoms with Crippen molar-refractivity contribution in [3.05, 3.63) is 200 Å². The van der Waals surface area contributed by atoms with E-state index in [4.69, 9.17) is 0 Å². The topological polar surface area (TPSA) is 3.24 Å². The average molecular weight is 704 g/mol. The van der Waals surface area contributed by atoms with E-state index in [9.17, 15) is 0 Å². The highest BCUT2D eigenvalue weighted by Crippen LogP contribution is 2.50. The van der Waals surface area contributed by atoms with Gasteiger partial charge in [-0.3, -0.25) is 0 Å². The largest absolute Gasteiger partial charge is 0.310 e. The molecule has 0 radical (unpaired) electrons. The maximum Gasteiger partial charge on any atom is 0.0547 e. The molecule has 0 saturated carbocycles. The summed E-state index contributed by atoms with van der Waals surface area (Å²) in [5, 5.41) is 12.9. The Hall–Kier alpha value is -6.74. The van der Waals surface area contributed by atoms with Gasteiger partial charge < -0.3 is 4.90 Å². The van der Waals surface area contributed by atoms with Crippen LogP contribution in [-0.2, 0) is 0 Å². The molecule has 0 saturated heterocycles. The molecule has 11 aromatic rings. The minimum Gasteiger partial charge on any atom is -0.310 e. The zero-order valence-corrected chi connectivity index (χ0v) is 30.2. The molecule has 1 heterocycles. The molecule has 0 fully saturated rings. The molecule has 252 valence electrons. The Balaban J connectivity index is 1.18. The number of thiophene rings is 1. The first-order chi connectivity index (χ1) is 26.8. The molecule has 11 rings (SSSR count). The maximum atomic E-state index is 2.46. The molecule has 0 spiro atoms. The van der Waals surface area contributed by atoms with E-state index in [1.165, 1.54) is 91.2 Å². The van der Waals surface area contributed by atoms with Crippen LogP contribution in [0.15, 0.2) is 200 Å². The van der Waals surface area contributed by atoms with Crippen molar-refractivity contribution in [3.63, 3.8) is 0 Å². The van der Waals surface area contributed by atoms with Crippen LogP contribution in [0.3, 0.4) is 0 Å². The second-order valence-corrected chi connectivity index (χ2v) is 15.1. The number of anilines is 3. The molecular formula is C52H33NS. The quantitative estimate of drug-likeness (QED) is 0.161. The minimum absolute atomic E-state index is 1.12. The lowest BCUT2D eigenvalue weighted by Crippen LogP contribution is -2.10. The molecule has 0 amide bonds. The fourth-order valence-corrected chi connectivity index (χ4v) is 9.90. The second kappa shape index (κ2) is 12.4.